The predicted molar refractivity (Wildman–Crippen MR) is 162 cm³/mol. The zero-order valence-electron chi connectivity index (χ0n) is 22.6. The van der Waals surface area contributed by atoms with Crippen LogP contribution in [0.5, 0.6) is 11.5 Å². The number of fused-ring (bicyclic) bond motifs is 4. The number of phenolic OH excluding ortho intramolecular Hbond substituents is 1. The molecule has 15 heteroatoms. The number of nitrogens with zero attached hydrogens (tertiary/aromatic N) is 2. The molecule has 0 unspecified atom stereocenters. The van der Waals surface area contributed by atoms with Crippen LogP contribution in [0, 0.1) is 10.4 Å². The van der Waals surface area contributed by atoms with Crippen molar-refractivity contribution >= 4 is 50.4 Å². The zero-order valence-corrected chi connectivity index (χ0v) is 24.2. The van der Waals surface area contributed by atoms with Crippen LogP contribution in [0.2, 0.25) is 0 Å². The first-order valence-electron chi connectivity index (χ1n) is 13.3. The van der Waals surface area contributed by atoms with Gasteiger partial charge in [0.1, 0.15) is 22.7 Å². The van der Waals surface area contributed by atoms with E-state index in [1.807, 2.05) is 0 Å². The third-order valence-corrected chi connectivity index (χ3v) is 9.33. The Bertz CT molecular complexity index is 2550. The first-order chi connectivity index (χ1) is 21.0. The number of aliphatic hydroxyl groups is 2. The Morgan fingerprint density at radius 3 is 2.39 bits per heavy atom. The second-order valence-corrected chi connectivity index (χ2v) is 11.3. The van der Waals surface area contributed by atoms with Crippen LogP contribution in [-0.4, -0.2) is 52.7 Å². The summed E-state index contributed by atoms with van der Waals surface area (Å²) in [5.41, 5.74) is -3.66. The minimum absolute atomic E-state index is 0.0906. The van der Waals surface area contributed by atoms with Gasteiger partial charge in [-0.3, -0.25) is 24.0 Å². The first kappa shape index (κ1) is 27.5. The van der Waals surface area contributed by atoms with Crippen molar-refractivity contribution in [3.8, 4) is 11.5 Å². The number of aromatic hydroxyl groups is 1. The standard InChI is InChI=1S/C29H20BrN5O9/c1-44-13-7-12(36)15-16(21(13)37)23(39)18-17(22(15)38)25(41)29(26(18)42)3-2-10-19(29)24(40)14-11(20(10)30)6-9(34-27(14)43)8-33-35-28-31-4-5-32-28/h6-8,40-42H,2-5H2,1H3,(H,34,43)(H2,31,32,35)/t29-/m0/s1. The van der Waals surface area contributed by atoms with Gasteiger partial charge in [-0.05, 0) is 40.4 Å². The molecule has 7 rings (SSSR count). The molecule has 0 fully saturated rings. The number of aliphatic hydroxyl groups excluding tert-OH is 2. The quantitative estimate of drug-likeness (QED) is 0.106. The van der Waals surface area contributed by atoms with Gasteiger partial charge in [-0.25, -0.2) is 10.4 Å². The second-order valence-electron chi connectivity index (χ2n) is 10.6. The van der Waals surface area contributed by atoms with Crippen molar-refractivity contribution in [1.82, 2.24) is 15.7 Å². The summed E-state index contributed by atoms with van der Waals surface area (Å²) < 4.78 is 5.27. The van der Waals surface area contributed by atoms with Gasteiger partial charge in [0.05, 0.1) is 51.8 Å². The molecule has 0 saturated heterocycles. The Labute approximate surface area is 251 Å². The number of aromatic nitrogens is 1. The third kappa shape index (κ3) is 3.37. The first-order valence-corrected chi connectivity index (χ1v) is 14.1. The number of guanidine groups is 1. The zero-order chi connectivity index (χ0) is 31.2. The summed E-state index contributed by atoms with van der Waals surface area (Å²) in [4.78, 5) is 73.1. The Hall–Kier alpha value is -5.31. The van der Waals surface area contributed by atoms with Crippen LogP contribution in [0.1, 0.15) is 23.2 Å². The maximum atomic E-state index is 13.7. The molecule has 1 spiro atoms. The molecule has 0 amide bonds. The van der Waals surface area contributed by atoms with Crippen LogP contribution in [0.25, 0.3) is 22.3 Å². The Balaban J connectivity index is 1.51. The molecule has 1 aromatic carbocycles. The van der Waals surface area contributed by atoms with E-state index in [1.165, 1.54) is 6.21 Å². The summed E-state index contributed by atoms with van der Waals surface area (Å²) in [5, 5.41) is 39.2. The highest BCUT2D eigenvalue weighted by atomic mass is 79.9. The number of methoxy groups -OCH3 is 1. The van der Waals surface area contributed by atoms with E-state index in [9.17, 15) is 39.3 Å². The van der Waals surface area contributed by atoms with Crippen molar-refractivity contribution in [1.29, 1.82) is 0 Å². The number of phenols is 1. The van der Waals surface area contributed by atoms with Crippen molar-refractivity contribution in [3.05, 3.63) is 106 Å². The van der Waals surface area contributed by atoms with E-state index in [-0.39, 0.29) is 29.5 Å². The fourth-order valence-electron chi connectivity index (χ4n) is 6.52. The number of aromatic amines is 1. The summed E-state index contributed by atoms with van der Waals surface area (Å²) in [7, 11) is 1.12. The van der Waals surface area contributed by atoms with Gasteiger partial charge in [-0.2, -0.15) is 5.10 Å². The monoisotopic (exact) mass is 661 g/mol. The van der Waals surface area contributed by atoms with Gasteiger partial charge in [0.25, 0.3) is 5.56 Å². The smallest absolute Gasteiger partial charge is 0.260 e. The van der Waals surface area contributed by atoms with Gasteiger partial charge >= 0.3 is 0 Å². The lowest BCUT2D eigenvalue weighted by atomic mass is 9.78. The summed E-state index contributed by atoms with van der Waals surface area (Å²) in [6.45, 7) is 1.27. The molecule has 0 saturated carbocycles. The molecule has 6 N–H and O–H groups in total. The fourth-order valence-corrected chi connectivity index (χ4v) is 7.23. The van der Waals surface area contributed by atoms with E-state index < -0.39 is 76.6 Å². The normalized spacial score (nSPS) is 18.8. The highest BCUT2D eigenvalue weighted by Crippen LogP contribution is 2.56. The average molecular weight is 662 g/mol. The maximum Gasteiger partial charge on any atom is 0.260 e. The molecule has 4 aliphatic carbocycles. The van der Waals surface area contributed by atoms with Crippen molar-refractivity contribution in [2.75, 3.05) is 20.2 Å². The molecular weight excluding hydrogens is 642 g/mol. The van der Waals surface area contributed by atoms with E-state index >= 15 is 0 Å². The summed E-state index contributed by atoms with van der Waals surface area (Å²) >= 11 is 3.51. The van der Waals surface area contributed by atoms with Gasteiger partial charge in [-0.1, -0.05) is 0 Å². The molecule has 5 aliphatic rings. The highest BCUT2D eigenvalue weighted by Gasteiger charge is 2.53. The van der Waals surface area contributed by atoms with Crippen LogP contribution in [-0.2, 0) is 11.8 Å². The lowest BCUT2D eigenvalue weighted by Gasteiger charge is -2.27. The number of rotatable bonds is 3. The molecule has 222 valence electrons. The van der Waals surface area contributed by atoms with E-state index in [4.69, 9.17) is 4.74 Å². The van der Waals surface area contributed by atoms with E-state index in [1.54, 1.807) is 6.07 Å². The summed E-state index contributed by atoms with van der Waals surface area (Å²) in [6.07, 6.45) is 1.36. The SMILES string of the molecule is COc1cc(=O)c2c(=O)c3c(c(=O)c=2c1=O)=C(O)[C@]1(CCc2c1c(O)c1c(=O)[nH]c(C=NNC4=NCCN4)cc1c2Br)C=3O. The van der Waals surface area contributed by atoms with Crippen molar-refractivity contribution in [2.24, 2.45) is 10.1 Å². The van der Waals surface area contributed by atoms with E-state index in [0.717, 1.165) is 13.2 Å². The minimum atomic E-state index is -2.00. The summed E-state index contributed by atoms with van der Waals surface area (Å²) in [6, 6.07) is 2.35. The van der Waals surface area contributed by atoms with Crippen LogP contribution in [0.15, 0.2) is 50.7 Å². The molecular formula is C29H20BrN5O9. The fraction of sp³-hybridized carbons (Fsp3) is 0.207. The number of pyridine rings is 1. The number of ether oxygens (including phenoxy) is 1. The van der Waals surface area contributed by atoms with Gasteiger partial charge < -0.3 is 30.4 Å². The molecule has 1 atom stereocenters. The second kappa shape index (κ2) is 9.34. The lowest BCUT2D eigenvalue weighted by molar-refractivity contribution is 0.362. The van der Waals surface area contributed by atoms with E-state index in [0.29, 0.717) is 34.5 Å². The van der Waals surface area contributed by atoms with Crippen LogP contribution < -0.4 is 53.2 Å². The molecule has 2 heterocycles. The van der Waals surface area contributed by atoms with Crippen LogP contribution >= 0.6 is 15.9 Å². The molecule has 14 nitrogen and oxygen atoms in total. The number of nitrogens with one attached hydrogen (secondary N) is 3. The number of H-pyrrole nitrogens is 1. The minimum Gasteiger partial charge on any atom is -0.510 e. The van der Waals surface area contributed by atoms with Crippen molar-refractivity contribution < 1.29 is 20.1 Å². The predicted octanol–water partition coefficient (Wildman–Crippen LogP) is -1.84. The Kier molecular flexibility index (Phi) is 5.84. The van der Waals surface area contributed by atoms with E-state index in [2.05, 4.69) is 41.8 Å². The largest absolute Gasteiger partial charge is 0.510 e. The highest BCUT2D eigenvalue weighted by molar-refractivity contribution is 9.10. The molecule has 0 radical (unpaired) electrons. The third-order valence-electron chi connectivity index (χ3n) is 8.43. The van der Waals surface area contributed by atoms with Crippen molar-refractivity contribution in [3.63, 3.8) is 0 Å². The molecule has 44 heavy (non-hydrogen) atoms. The number of aliphatic imine (C=N–C) groups is 1. The van der Waals surface area contributed by atoms with Crippen molar-refractivity contribution in [2.45, 2.75) is 18.3 Å². The van der Waals surface area contributed by atoms with Gasteiger partial charge in [0.2, 0.25) is 22.2 Å². The van der Waals surface area contributed by atoms with Crippen LogP contribution in [0.3, 0.4) is 0 Å². The number of hydrogen-bond acceptors (Lipinski definition) is 13. The molecule has 2 aromatic rings. The Morgan fingerprint density at radius 2 is 1.73 bits per heavy atom. The molecule has 0 bridgehead atoms. The number of hydrazone groups is 1. The summed E-state index contributed by atoms with van der Waals surface area (Å²) in [5.74, 6) is -2.12. The van der Waals surface area contributed by atoms with Crippen LogP contribution in [0.4, 0.5) is 0 Å². The average Bonchev–Trinajstić information content (AvgIpc) is 3.71. The van der Waals surface area contributed by atoms with Gasteiger partial charge in [-0.15, -0.1) is 0 Å². The number of hydrogen-bond donors (Lipinski definition) is 6. The number of halogens is 1. The Morgan fingerprint density at radius 1 is 1.02 bits per heavy atom. The maximum absolute atomic E-state index is 13.7. The lowest BCUT2D eigenvalue weighted by Crippen LogP contribution is -2.51. The van der Waals surface area contributed by atoms with Gasteiger partial charge in [0.15, 0.2) is 11.2 Å². The topological polar surface area (TPSA) is 220 Å². The number of benzene rings is 1. The molecule has 1 aliphatic heterocycles. The molecule has 1 aromatic heterocycles. The van der Waals surface area contributed by atoms with Gasteiger partial charge in [0, 0.05) is 28.0 Å².